The van der Waals surface area contributed by atoms with Crippen molar-refractivity contribution in [1.29, 1.82) is 0 Å². The molecule has 0 saturated heterocycles. The Morgan fingerprint density at radius 1 is 1.70 bits per heavy atom. The number of nitrogens with zero attached hydrogens (tertiary/aromatic N) is 1. The van der Waals surface area contributed by atoms with Gasteiger partial charge in [-0.15, -0.1) is 11.6 Å². The SMILES string of the molecule is CCCC(C)CCl.[N-]=C=O. The Labute approximate surface area is 67.1 Å². The Balaban J connectivity index is 0. The third-order valence-corrected chi connectivity index (χ3v) is 1.57. The molecule has 2 nitrogen and oxygen atoms in total. The predicted molar refractivity (Wildman–Crippen MR) is 43.8 cm³/mol. The summed E-state index contributed by atoms with van der Waals surface area (Å²) in [6.45, 7) is 4.36. The summed E-state index contributed by atoms with van der Waals surface area (Å²) >= 11 is 5.53. The molecule has 0 aromatic carbocycles. The molecule has 0 fully saturated rings. The molecule has 0 bridgehead atoms. The fourth-order valence-electron chi connectivity index (χ4n) is 0.570. The molecule has 0 spiro atoms. The second kappa shape index (κ2) is 11.5. The van der Waals surface area contributed by atoms with Crippen LogP contribution in [0.1, 0.15) is 26.7 Å². The lowest BCUT2D eigenvalue weighted by atomic mass is 10.1. The first-order chi connectivity index (χ1) is 4.72. The van der Waals surface area contributed by atoms with Gasteiger partial charge in [-0.05, 0) is 18.4 Å². The Kier molecular flexibility index (Phi) is 14.2. The topological polar surface area (TPSA) is 39.4 Å². The van der Waals surface area contributed by atoms with Gasteiger partial charge in [0, 0.05) is 5.88 Å². The molecule has 0 radical (unpaired) electrons. The van der Waals surface area contributed by atoms with Crippen molar-refractivity contribution in [2.45, 2.75) is 26.7 Å². The van der Waals surface area contributed by atoms with Crippen molar-refractivity contribution in [1.82, 2.24) is 0 Å². The molecule has 0 heterocycles. The van der Waals surface area contributed by atoms with E-state index in [1.807, 2.05) is 0 Å². The van der Waals surface area contributed by atoms with Crippen LogP contribution in [0.5, 0.6) is 0 Å². The molecule has 0 amide bonds. The molecule has 10 heavy (non-hydrogen) atoms. The van der Waals surface area contributed by atoms with Crippen molar-refractivity contribution in [3.63, 3.8) is 0 Å². The van der Waals surface area contributed by atoms with Gasteiger partial charge in [-0.25, -0.2) is 0 Å². The van der Waals surface area contributed by atoms with Crippen LogP contribution in [0.15, 0.2) is 0 Å². The molecule has 0 aromatic heterocycles. The van der Waals surface area contributed by atoms with E-state index in [1.54, 1.807) is 0 Å². The Bertz CT molecular complexity index is 89.6. The highest BCUT2D eigenvalue weighted by molar-refractivity contribution is 6.18. The van der Waals surface area contributed by atoms with E-state index < -0.39 is 0 Å². The Morgan fingerprint density at radius 3 is 2.20 bits per heavy atom. The summed E-state index contributed by atoms with van der Waals surface area (Å²) in [5.74, 6) is 1.53. The summed E-state index contributed by atoms with van der Waals surface area (Å²) in [6.07, 6.45) is 3.03. The predicted octanol–water partition coefficient (Wildman–Crippen LogP) is 2.55. The van der Waals surface area contributed by atoms with Crippen LogP contribution < -0.4 is 0 Å². The maximum Gasteiger partial charge on any atom is 0.0249 e. The summed E-state index contributed by atoms with van der Waals surface area (Å²) in [5, 5.41) is 6.76. The van der Waals surface area contributed by atoms with Crippen LogP contribution in [0.25, 0.3) is 5.41 Å². The van der Waals surface area contributed by atoms with Gasteiger partial charge in [-0.3, -0.25) is 4.79 Å². The molecule has 0 aromatic rings. The zero-order valence-electron chi connectivity index (χ0n) is 6.43. The average molecular weight is 163 g/mol. The van der Waals surface area contributed by atoms with Crippen LogP contribution in [0, 0.1) is 5.92 Å². The first-order valence-corrected chi connectivity index (χ1v) is 3.83. The lowest BCUT2D eigenvalue weighted by molar-refractivity contribution is 0.569. The second-order valence-corrected chi connectivity index (χ2v) is 2.45. The van der Waals surface area contributed by atoms with Gasteiger partial charge in [0.05, 0.1) is 0 Å². The molecule has 1 atom stereocenters. The van der Waals surface area contributed by atoms with Crippen molar-refractivity contribution in [3.8, 4) is 0 Å². The van der Waals surface area contributed by atoms with E-state index in [1.165, 1.54) is 12.8 Å². The normalized spacial score (nSPS) is 10.7. The lowest BCUT2D eigenvalue weighted by Gasteiger charge is -2.01. The van der Waals surface area contributed by atoms with Crippen LogP contribution in [-0.2, 0) is 4.79 Å². The highest BCUT2D eigenvalue weighted by Gasteiger charge is 1.94. The Hall–Kier alpha value is -0.330. The summed E-state index contributed by atoms with van der Waals surface area (Å²) < 4.78 is 0. The molecule has 0 saturated carbocycles. The van der Waals surface area contributed by atoms with Gasteiger partial charge in [0.25, 0.3) is 0 Å². The van der Waals surface area contributed by atoms with E-state index in [-0.39, 0.29) is 0 Å². The monoisotopic (exact) mass is 162 g/mol. The molecule has 3 heteroatoms. The zero-order chi connectivity index (χ0) is 8.41. The van der Waals surface area contributed by atoms with Gasteiger partial charge >= 0.3 is 0 Å². The molecule has 0 aliphatic heterocycles. The number of halogens is 1. The molecule has 0 aliphatic rings. The van der Waals surface area contributed by atoms with E-state index in [0.29, 0.717) is 12.0 Å². The largest absolute Gasteiger partial charge is 0.724 e. The number of hydrogen-bond donors (Lipinski definition) is 0. The highest BCUT2D eigenvalue weighted by Crippen LogP contribution is 2.05. The Morgan fingerprint density at radius 2 is 2.10 bits per heavy atom. The van der Waals surface area contributed by atoms with E-state index in [2.05, 4.69) is 13.8 Å². The van der Waals surface area contributed by atoms with Crippen LogP contribution in [0.2, 0.25) is 0 Å². The smallest absolute Gasteiger partial charge is 0.0249 e. The van der Waals surface area contributed by atoms with Gasteiger partial charge in [0.15, 0.2) is 0 Å². The van der Waals surface area contributed by atoms with E-state index in [9.17, 15) is 0 Å². The minimum Gasteiger partial charge on any atom is -0.724 e. The lowest BCUT2D eigenvalue weighted by Crippen LogP contribution is -1.92. The molecule has 0 N–H and O–H groups in total. The second-order valence-electron chi connectivity index (χ2n) is 2.14. The summed E-state index contributed by atoms with van der Waals surface area (Å²) in [4.78, 5) is 8.24. The summed E-state index contributed by atoms with van der Waals surface area (Å²) in [5.41, 5.74) is 0. The van der Waals surface area contributed by atoms with Crippen molar-refractivity contribution >= 4 is 17.7 Å². The van der Waals surface area contributed by atoms with Gasteiger partial charge in [0.1, 0.15) is 0 Å². The van der Waals surface area contributed by atoms with Gasteiger partial charge in [0.2, 0.25) is 0 Å². The summed E-state index contributed by atoms with van der Waals surface area (Å²) in [6, 6.07) is 0. The number of alkyl halides is 1. The maximum atomic E-state index is 8.24. The fraction of sp³-hybridized carbons (Fsp3) is 0.857. The van der Waals surface area contributed by atoms with E-state index >= 15 is 0 Å². The molecule has 1 unspecified atom stereocenters. The van der Waals surface area contributed by atoms with Gasteiger partial charge in [-0.2, -0.15) is 0 Å². The van der Waals surface area contributed by atoms with Gasteiger partial charge in [-0.1, -0.05) is 20.3 Å². The van der Waals surface area contributed by atoms with E-state index in [4.69, 9.17) is 21.8 Å². The molecule has 0 rings (SSSR count). The van der Waals surface area contributed by atoms with Crippen molar-refractivity contribution < 1.29 is 4.79 Å². The summed E-state index contributed by atoms with van der Waals surface area (Å²) in [7, 11) is 0. The first kappa shape index (κ1) is 12.4. The van der Waals surface area contributed by atoms with Crippen molar-refractivity contribution in [2.24, 2.45) is 5.92 Å². The minimum atomic E-state index is 0.500. The minimum absolute atomic E-state index is 0.500. The molecular weight excluding hydrogens is 150 g/mol. The van der Waals surface area contributed by atoms with Crippen LogP contribution in [0.4, 0.5) is 0 Å². The zero-order valence-corrected chi connectivity index (χ0v) is 7.19. The molecular formula is C7H13ClNO-. The number of isocyanates is 1. The van der Waals surface area contributed by atoms with Crippen molar-refractivity contribution in [3.05, 3.63) is 5.41 Å². The number of carbonyl (C=O) groups excluding carboxylic acids is 1. The standard InChI is InChI=1S/C6H13Cl.CNO/c1-3-4-6(2)5-7;2-1-3/h6H,3-5H2,1-2H3;/q;-1. The first-order valence-electron chi connectivity index (χ1n) is 3.30. The van der Waals surface area contributed by atoms with E-state index in [0.717, 1.165) is 5.88 Å². The quantitative estimate of drug-likeness (QED) is 0.357. The van der Waals surface area contributed by atoms with Crippen LogP contribution in [0.3, 0.4) is 0 Å². The third-order valence-electron chi connectivity index (χ3n) is 1.04. The third kappa shape index (κ3) is 15.6. The molecule has 60 valence electrons. The average Bonchev–Trinajstić information content (AvgIpc) is 1.90. The van der Waals surface area contributed by atoms with Crippen molar-refractivity contribution in [2.75, 3.05) is 5.88 Å². The molecule has 0 aliphatic carbocycles. The highest BCUT2D eigenvalue weighted by atomic mass is 35.5. The number of hydrogen-bond acceptors (Lipinski definition) is 1. The van der Waals surface area contributed by atoms with Gasteiger partial charge < -0.3 is 5.41 Å². The van der Waals surface area contributed by atoms with Crippen LogP contribution >= 0.6 is 11.6 Å². The van der Waals surface area contributed by atoms with Crippen LogP contribution in [-0.4, -0.2) is 12.0 Å². The maximum absolute atomic E-state index is 8.24. The number of rotatable bonds is 3. The fourth-order valence-corrected chi connectivity index (χ4v) is 0.724.